The van der Waals surface area contributed by atoms with Crippen LogP contribution in [0.3, 0.4) is 0 Å². The maximum Gasteiger partial charge on any atom is 0.193 e. The smallest absolute Gasteiger partial charge is 0.193 e. The molecule has 1 aromatic heterocycles. The normalized spacial score (nSPS) is 11.1. The molecule has 0 aliphatic carbocycles. The molecule has 0 aliphatic rings. The largest absolute Gasteiger partial charge is 0.456 e. The van der Waals surface area contributed by atoms with E-state index in [0.29, 0.717) is 21.7 Å². The lowest BCUT2D eigenvalue weighted by molar-refractivity contribution is 0.103. The number of fused-ring (bicyclic) bond motifs is 3. The zero-order chi connectivity index (χ0) is 15.1. The maximum absolute atomic E-state index is 12.6. The topological polar surface area (TPSA) is 30.2 Å². The minimum Gasteiger partial charge on any atom is -0.456 e. The summed E-state index contributed by atoms with van der Waals surface area (Å²) in [5, 5.41) is 2.62. The number of benzene rings is 3. The maximum atomic E-state index is 12.6. The summed E-state index contributed by atoms with van der Waals surface area (Å²) < 4.78 is 5.82. The third-order valence-electron chi connectivity index (χ3n) is 3.73. The van der Waals surface area contributed by atoms with Gasteiger partial charge in [0.2, 0.25) is 0 Å². The number of ketones is 1. The number of rotatable bonds is 2. The van der Waals surface area contributed by atoms with Gasteiger partial charge >= 0.3 is 0 Å². The van der Waals surface area contributed by atoms with Gasteiger partial charge in [0.15, 0.2) is 5.78 Å². The summed E-state index contributed by atoms with van der Waals surface area (Å²) in [7, 11) is 0. The van der Waals surface area contributed by atoms with Crippen LogP contribution in [0.15, 0.2) is 71.1 Å². The van der Waals surface area contributed by atoms with Gasteiger partial charge in [-0.2, -0.15) is 0 Å². The van der Waals surface area contributed by atoms with Crippen molar-refractivity contribution in [3.05, 3.63) is 82.9 Å². The number of furan rings is 1. The van der Waals surface area contributed by atoms with Gasteiger partial charge in [0.1, 0.15) is 11.2 Å². The molecule has 0 unspecified atom stereocenters. The molecule has 0 saturated carbocycles. The molecule has 0 atom stereocenters. The van der Waals surface area contributed by atoms with E-state index in [1.165, 1.54) is 0 Å². The third kappa shape index (κ3) is 2.09. The zero-order valence-electron chi connectivity index (χ0n) is 11.5. The van der Waals surface area contributed by atoms with E-state index in [4.69, 9.17) is 16.0 Å². The Kier molecular flexibility index (Phi) is 2.98. The van der Waals surface area contributed by atoms with Crippen LogP contribution in [0.25, 0.3) is 21.9 Å². The molecule has 3 heteroatoms. The highest BCUT2D eigenvalue weighted by atomic mass is 35.5. The van der Waals surface area contributed by atoms with E-state index >= 15 is 0 Å². The lowest BCUT2D eigenvalue weighted by Gasteiger charge is -2.01. The molecule has 22 heavy (non-hydrogen) atoms. The number of carbonyl (C=O) groups excluding carboxylic acids is 1. The van der Waals surface area contributed by atoms with E-state index in [9.17, 15) is 4.79 Å². The highest BCUT2D eigenvalue weighted by molar-refractivity contribution is 6.31. The summed E-state index contributed by atoms with van der Waals surface area (Å²) in [6.45, 7) is 0. The van der Waals surface area contributed by atoms with Crippen LogP contribution in [-0.4, -0.2) is 5.78 Å². The highest BCUT2D eigenvalue weighted by Crippen LogP contribution is 2.29. The first-order valence-electron chi connectivity index (χ1n) is 6.94. The van der Waals surface area contributed by atoms with Crippen molar-refractivity contribution in [2.24, 2.45) is 0 Å². The Hall–Kier alpha value is -2.58. The Morgan fingerprint density at radius 3 is 2.41 bits per heavy atom. The molecule has 4 aromatic rings. The van der Waals surface area contributed by atoms with Gasteiger partial charge in [0.25, 0.3) is 0 Å². The molecule has 1 heterocycles. The SMILES string of the molecule is O=C(c1cccc(Cl)c1)c1ccc2c(c1)oc1ccccc12. The van der Waals surface area contributed by atoms with E-state index in [2.05, 4.69) is 0 Å². The summed E-state index contributed by atoms with van der Waals surface area (Å²) in [5.74, 6) is -0.0649. The molecule has 0 bridgehead atoms. The van der Waals surface area contributed by atoms with Gasteiger partial charge in [-0.1, -0.05) is 48.0 Å². The van der Waals surface area contributed by atoms with Crippen LogP contribution in [0.5, 0.6) is 0 Å². The summed E-state index contributed by atoms with van der Waals surface area (Å²) in [4.78, 5) is 12.6. The predicted octanol–water partition coefficient (Wildman–Crippen LogP) is 5.47. The molecule has 106 valence electrons. The van der Waals surface area contributed by atoms with Crippen molar-refractivity contribution < 1.29 is 9.21 Å². The molecule has 2 nitrogen and oxygen atoms in total. The first-order chi connectivity index (χ1) is 10.7. The summed E-state index contributed by atoms with van der Waals surface area (Å²) >= 11 is 5.95. The van der Waals surface area contributed by atoms with E-state index < -0.39 is 0 Å². The van der Waals surface area contributed by atoms with Crippen LogP contribution in [-0.2, 0) is 0 Å². The predicted molar refractivity (Wildman–Crippen MR) is 88.6 cm³/mol. The molecule has 0 amide bonds. The van der Waals surface area contributed by atoms with Gasteiger partial charge in [-0.25, -0.2) is 0 Å². The van der Waals surface area contributed by atoms with Crippen LogP contribution in [0.1, 0.15) is 15.9 Å². The second-order valence-electron chi connectivity index (χ2n) is 5.15. The average molecular weight is 307 g/mol. The summed E-state index contributed by atoms with van der Waals surface area (Å²) in [5.41, 5.74) is 2.70. The molecule has 0 saturated heterocycles. The first-order valence-corrected chi connectivity index (χ1v) is 7.32. The van der Waals surface area contributed by atoms with E-state index in [1.807, 2.05) is 36.4 Å². The van der Waals surface area contributed by atoms with E-state index in [1.54, 1.807) is 30.3 Å². The highest BCUT2D eigenvalue weighted by Gasteiger charge is 2.13. The van der Waals surface area contributed by atoms with Crippen molar-refractivity contribution >= 4 is 39.3 Å². The minimum absolute atomic E-state index is 0.0649. The number of para-hydroxylation sites is 1. The number of halogens is 1. The third-order valence-corrected chi connectivity index (χ3v) is 3.96. The van der Waals surface area contributed by atoms with Gasteiger partial charge in [-0.15, -0.1) is 0 Å². The second-order valence-corrected chi connectivity index (χ2v) is 5.59. The zero-order valence-corrected chi connectivity index (χ0v) is 12.3. The molecule has 0 radical (unpaired) electrons. The van der Waals surface area contributed by atoms with Gasteiger partial charge < -0.3 is 4.42 Å². The lowest BCUT2D eigenvalue weighted by Crippen LogP contribution is -2.00. The Bertz CT molecular complexity index is 1010. The number of hydrogen-bond acceptors (Lipinski definition) is 2. The molecular weight excluding hydrogens is 296 g/mol. The van der Waals surface area contributed by atoms with Gasteiger partial charge in [-0.05, 0) is 30.3 Å². The fourth-order valence-corrected chi connectivity index (χ4v) is 2.85. The fourth-order valence-electron chi connectivity index (χ4n) is 2.66. The lowest BCUT2D eigenvalue weighted by atomic mass is 10.0. The van der Waals surface area contributed by atoms with Crippen molar-refractivity contribution in [1.82, 2.24) is 0 Å². The molecular formula is C19H11ClO2. The van der Waals surface area contributed by atoms with Crippen LogP contribution < -0.4 is 0 Å². The van der Waals surface area contributed by atoms with Crippen molar-refractivity contribution in [3.8, 4) is 0 Å². The van der Waals surface area contributed by atoms with E-state index in [-0.39, 0.29) is 5.78 Å². The van der Waals surface area contributed by atoms with Crippen LogP contribution >= 0.6 is 11.6 Å². The molecule has 3 aromatic carbocycles. The quantitative estimate of drug-likeness (QED) is 0.460. The minimum atomic E-state index is -0.0649. The Morgan fingerprint density at radius 2 is 1.55 bits per heavy atom. The monoisotopic (exact) mass is 306 g/mol. The van der Waals surface area contributed by atoms with Crippen molar-refractivity contribution in [2.45, 2.75) is 0 Å². The standard InChI is InChI=1S/C19H11ClO2/c20-14-5-3-4-12(10-14)19(21)13-8-9-16-15-6-1-2-7-17(15)22-18(16)11-13/h1-11H. The Balaban J connectivity index is 1.85. The second kappa shape index (κ2) is 5.00. The Labute approximate surface area is 131 Å². The molecule has 0 N–H and O–H groups in total. The van der Waals surface area contributed by atoms with E-state index in [0.717, 1.165) is 16.4 Å². The molecule has 0 fully saturated rings. The first kappa shape index (κ1) is 13.1. The van der Waals surface area contributed by atoms with Crippen molar-refractivity contribution in [3.63, 3.8) is 0 Å². The number of carbonyl (C=O) groups is 1. The summed E-state index contributed by atoms with van der Waals surface area (Å²) in [6.07, 6.45) is 0. The number of hydrogen-bond donors (Lipinski definition) is 0. The van der Waals surface area contributed by atoms with Gasteiger partial charge in [-0.3, -0.25) is 4.79 Å². The van der Waals surface area contributed by atoms with Crippen LogP contribution in [0.2, 0.25) is 5.02 Å². The van der Waals surface area contributed by atoms with Gasteiger partial charge in [0, 0.05) is 26.9 Å². The van der Waals surface area contributed by atoms with Crippen LogP contribution in [0.4, 0.5) is 0 Å². The fraction of sp³-hybridized carbons (Fsp3) is 0. The van der Waals surface area contributed by atoms with Crippen molar-refractivity contribution in [1.29, 1.82) is 0 Å². The Morgan fingerprint density at radius 1 is 0.773 bits per heavy atom. The average Bonchev–Trinajstić information content (AvgIpc) is 2.91. The molecule has 4 rings (SSSR count). The van der Waals surface area contributed by atoms with Crippen LogP contribution in [0, 0.1) is 0 Å². The van der Waals surface area contributed by atoms with Gasteiger partial charge in [0.05, 0.1) is 0 Å². The van der Waals surface area contributed by atoms with Crippen molar-refractivity contribution in [2.75, 3.05) is 0 Å². The summed E-state index contributed by atoms with van der Waals surface area (Å²) in [6, 6.07) is 20.4. The molecule has 0 aliphatic heterocycles. The molecule has 0 spiro atoms.